The third kappa shape index (κ3) is 7.30. The first-order valence-corrected chi connectivity index (χ1v) is 14.6. The molecule has 0 aromatic heterocycles. The number of hydrogen-bond acceptors (Lipinski definition) is 4. The number of ether oxygens (including phenoxy) is 1. The summed E-state index contributed by atoms with van der Waals surface area (Å²) in [6, 6.07) is 28.5. The van der Waals surface area contributed by atoms with Crippen LogP contribution in [0.4, 0.5) is 5.69 Å². The third-order valence-electron chi connectivity index (χ3n) is 8.36. The Morgan fingerprint density at radius 1 is 0.900 bits per heavy atom. The maximum absolute atomic E-state index is 13.8. The highest BCUT2D eigenvalue weighted by Gasteiger charge is 2.37. The zero-order valence-electron chi connectivity index (χ0n) is 23.6. The van der Waals surface area contributed by atoms with Crippen LogP contribution in [0.1, 0.15) is 36.8 Å². The summed E-state index contributed by atoms with van der Waals surface area (Å²) in [6.45, 7) is 4.86. The first-order valence-electron chi connectivity index (χ1n) is 14.6. The van der Waals surface area contributed by atoms with Crippen molar-refractivity contribution in [1.82, 2.24) is 9.80 Å². The lowest BCUT2D eigenvalue weighted by Gasteiger charge is -2.33. The van der Waals surface area contributed by atoms with E-state index in [-0.39, 0.29) is 24.2 Å². The summed E-state index contributed by atoms with van der Waals surface area (Å²) in [7, 11) is 1.64. The molecule has 2 fully saturated rings. The van der Waals surface area contributed by atoms with Crippen LogP contribution in [0, 0.1) is 11.8 Å². The van der Waals surface area contributed by atoms with E-state index in [1.807, 2.05) is 64.4 Å². The number of nitrogens with zero attached hydrogens (tertiary/aromatic N) is 3. The van der Waals surface area contributed by atoms with Crippen LogP contribution >= 0.6 is 0 Å². The van der Waals surface area contributed by atoms with Crippen molar-refractivity contribution in [1.29, 1.82) is 0 Å². The quantitative estimate of drug-likeness (QED) is 0.327. The molecular formula is C34H41N3O3. The van der Waals surface area contributed by atoms with E-state index in [2.05, 4.69) is 35.2 Å². The van der Waals surface area contributed by atoms with E-state index in [1.54, 1.807) is 7.11 Å². The predicted octanol–water partition coefficient (Wildman–Crippen LogP) is 5.42. The van der Waals surface area contributed by atoms with Crippen LogP contribution in [-0.4, -0.2) is 61.4 Å². The number of carbonyl (C=O) groups excluding carboxylic acids is 2. The molecule has 0 bridgehead atoms. The topological polar surface area (TPSA) is 53.1 Å². The molecule has 2 aliphatic heterocycles. The molecule has 2 heterocycles. The van der Waals surface area contributed by atoms with Gasteiger partial charge in [0, 0.05) is 31.7 Å². The van der Waals surface area contributed by atoms with E-state index < -0.39 is 0 Å². The highest BCUT2D eigenvalue weighted by molar-refractivity contribution is 5.99. The van der Waals surface area contributed by atoms with Gasteiger partial charge in [0.1, 0.15) is 5.75 Å². The first-order chi connectivity index (χ1) is 19.6. The van der Waals surface area contributed by atoms with Crippen LogP contribution in [0.15, 0.2) is 84.9 Å². The van der Waals surface area contributed by atoms with Crippen molar-refractivity contribution < 1.29 is 14.3 Å². The van der Waals surface area contributed by atoms with Crippen LogP contribution in [0.3, 0.4) is 0 Å². The highest BCUT2D eigenvalue weighted by atomic mass is 16.5. The summed E-state index contributed by atoms with van der Waals surface area (Å²) in [6.07, 6.45) is 4.81. The van der Waals surface area contributed by atoms with Crippen molar-refractivity contribution in [2.45, 2.75) is 38.6 Å². The van der Waals surface area contributed by atoms with E-state index >= 15 is 0 Å². The molecule has 2 amide bonds. The SMILES string of the molecule is COc1ccc(CN2CC(C(=O)N(CCCN3CCC(Cc4ccccc4)CC3)c3ccccc3)CC2=O)cc1. The van der Waals surface area contributed by atoms with Gasteiger partial charge in [-0.05, 0) is 86.6 Å². The predicted molar refractivity (Wildman–Crippen MR) is 159 cm³/mol. The fourth-order valence-electron chi connectivity index (χ4n) is 6.05. The van der Waals surface area contributed by atoms with Crippen molar-refractivity contribution in [3.63, 3.8) is 0 Å². The normalized spacial score (nSPS) is 18.2. The minimum absolute atomic E-state index is 0.0422. The first kappa shape index (κ1) is 27.9. The van der Waals surface area contributed by atoms with Crippen molar-refractivity contribution in [2.75, 3.05) is 44.7 Å². The number of hydrogen-bond donors (Lipinski definition) is 0. The Balaban J connectivity index is 1.14. The van der Waals surface area contributed by atoms with Crippen LogP contribution in [0.5, 0.6) is 5.75 Å². The molecule has 2 aliphatic rings. The van der Waals surface area contributed by atoms with E-state index in [4.69, 9.17) is 4.74 Å². The molecule has 6 heteroatoms. The molecule has 0 spiro atoms. The maximum Gasteiger partial charge on any atom is 0.232 e. The van der Waals surface area contributed by atoms with Gasteiger partial charge in [-0.25, -0.2) is 0 Å². The van der Waals surface area contributed by atoms with Crippen molar-refractivity contribution >= 4 is 17.5 Å². The smallest absolute Gasteiger partial charge is 0.232 e. The van der Waals surface area contributed by atoms with Crippen molar-refractivity contribution in [2.24, 2.45) is 11.8 Å². The number of rotatable bonds is 11. The molecule has 0 saturated carbocycles. The number of piperidine rings is 1. The zero-order valence-corrected chi connectivity index (χ0v) is 23.6. The van der Waals surface area contributed by atoms with Gasteiger partial charge < -0.3 is 19.4 Å². The fraction of sp³-hybridized carbons (Fsp3) is 0.412. The molecule has 0 N–H and O–H groups in total. The number of amides is 2. The molecule has 40 heavy (non-hydrogen) atoms. The summed E-state index contributed by atoms with van der Waals surface area (Å²) >= 11 is 0. The minimum Gasteiger partial charge on any atom is -0.497 e. The van der Waals surface area contributed by atoms with Crippen LogP contribution in [0.25, 0.3) is 0 Å². The molecule has 5 rings (SSSR count). The van der Waals surface area contributed by atoms with Crippen LogP contribution in [-0.2, 0) is 22.6 Å². The summed E-state index contributed by atoms with van der Waals surface area (Å²) in [4.78, 5) is 32.9. The number of methoxy groups -OCH3 is 1. The van der Waals surface area contributed by atoms with E-state index in [9.17, 15) is 9.59 Å². The lowest BCUT2D eigenvalue weighted by atomic mass is 9.90. The monoisotopic (exact) mass is 539 g/mol. The Bertz CT molecular complexity index is 1220. The Labute approximate surface area is 238 Å². The summed E-state index contributed by atoms with van der Waals surface area (Å²) in [5.74, 6) is 1.32. The number of anilines is 1. The molecule has 6 nitrogen and oxygen atoms in total. The maximum atomic E-state index is 13.8. The molecule has 210 valence electrons. The average molecular weight is 540 g/mol. The largest absolute Gasteiger partial charge is 0.497 e. The minimum atomic E-state index is -0.320. The Morgan fingerprint density at radius 2 is 1.57 bits per heavy atom. The molecule has 2 saturated heterocycles. The number of carbonyl (C=O) groups is 2. The molecule has 1 unspecified atom stereocenters. The number of likely N-dealkylation sites (tertiary alicyclic amines) is 2. The lowest BCUT2D eigenvalue weighted by molar-refractivity contribution is -0.128. The number of para-hydroxylation sites is 1. The van der Waals surface area contributed by atoms with Gasteiger partial charge in [-0.1, -0.05) is 60.7 Å². The molecule has 3 aromatic rings. The lowest BCUT2D eigenvalue weighted by Crippen LogP contribution is -2.40. The van der Waals surface area contributed by atoms with Crippen LogP contribution in [0.2, 0.25) is 0 Å². The Kier molecular flexibility index (Phi) is 9.50. The van der Waals surface area contributed by atoms with Gasteiger partial charge in [0.25, 0.3) is 0 Å². The third-order valence-corrected chi connectivity index (χ3v) is 8.36. The average Bonchev–Trinajstić information content (AvgIpc) is 3.37. The van der Waals surface area contributed by atoms with Crippen molar-refractivity contribution in [3.8, 4) is 5.75 Å². The van der Waals surface area contributed by atoms with Gasteiger partial charge in [0.2, 0.25) is 11.8 Å². The van der Waals surface area contributed by atoms with Gasteiger partial charge in [-0.2, -0.15) is 0 Å². The van der Waals surface area contributed by atoms with Crippen molar-refractivity contribution in [3.05, 3.63) is 96.1 Å². The summed E-state index contributed by atoms with van der Waals surface area (Å²) < 4.78 is 5.24. The Hall–Kier alpha value is -3.64. The second-order valence-corrected chi connectivity index (χ2v) is 11.2. The summed E-state index contributed by atoms with van der Waals surface area (Å²) in [5, 5.41) is 0. The second-order valence-electron chi connectivity index (χ2n) is 11.2. The van der Waals surface area contributed by atoms with E-state index in [1.165, 1.54) is 24.8 Å². The van der Waals surface area contributed by atoms with E-state index in [0.29, 0.717) is 19.6 Å². The van der Waals surface area contributed by atoms with Gasteiger partial charge >= 0.3 is 0 Å². The van der Waals surface area contributed by atoms with Gasteiger partial charge in [0.05, 0.1) is 13.0 Å². The van der Waals surface area contributed by atoms with E-state index in [0.717, 1.165) is 49.0 Å². The Morgan fingerprint density at radius 3 is 2.25 bits per heavy atom. The highest BCUT2D eigenvalue weighted by Crippen LogP contribution is 2.26. The van der Waals surface area contributed by atoms with Crippen LogP contribution < -0.4 is 9.64 Å². The fourth-order valence-corrected chi connectivity index (χ4v) is 6.05. The second kappa shape index (κ2) is 13.6. The number of benzene rings is 3. The zero-order chi connectivity index (χ0) is 27.7. The molecular weight excluding hydrogens is 498 g/mol. The standard InChI is InChI=1S/C34H41N3O3/c1-40-32-15-13-29(14-16-32)25-36-26-30(24-33(36)38)34(39)37(31-11-6-3-7-12-31)20-8-19-35-21-17-28(18-22-35)23-27-9-4-2-5-10-27/h2-7,9-16,28,30H,8,17-26H2,1H3. The summed E-state index contributed by atoms with van der Waals surface area (Å²) in [5.41, 5.74) is 3.38. The molecule has 0 radical (unpaired) electrons. The molecule has 3 aromatic carbocycles. The van der Waals surface area contributed by atoms with Gasteiger partial charge in [-0.15, -0.1) is 0 Å². The molecule has 0 aliphatic carbocycles. The molecule has 1 atom stereocenters. The van der Waals surface area contributed by atoms with Gasteiger partial charge in [0.15, 0.2) is 0 Å². The van der Waals surface area contributed by atoms with Gasteiger partial charge in [-0.3, -0.25) is 9.59 Å².